The molecule has 0 fully saturated rings. The molecule has 0 radical (unpaired) electrons. The number of hydrogen-bond donors (Lipinski definition) is 2. The first-order valence-corrected chi connectivity index (χ1v) is 6.28. The van der Waals surface area contributed by atoms with E-state index < -0.39 is 11.8 Å². The highest BCUT2D eigenvalue weighted by molar-refractivity contribution is 5.93. The lowest BCUT2D eigenvalue weighted by Crippen LogP contribution is -2.00. The van der Waals surface area contributed by atoms with Crippen molar-refractivity contribution in [2.24, 2.45) is 0 Å². The van der Waals surface area contributed by atoms with Gasteiger partial charge in [-0.3, -0.25) is 4.98 Å². The van der Waals surface area contributed by atoms with Gasteiger partial charge in [0.05, 0.1) is 16.8 Å². The molecule has 0 bridgehead atoms. The molecule has 0 saturated carbocycles. The van der Waals surface area contributed by atoms with Crippen molar-refractivity contribution in [3.63, 3.8) is 0 Å². The van der Waals surface area contributed by atoms with E-state index in [1.807, 2.05) is 24.3 Å². The number of benzene rings is 2. The fourth-order valence-electron chi connectivity index (χ4n) is 2.15. The van der Waals surface area contributed by atoms with Gasteiger partial charge in [-0.25, -0.2) is 9.18 Å². The minimum atomic E-state index is -1.17. The van der Waals surface area contributed by atoms with E-state index in [1.54, 1.807) is 12.3 Å². The number of fused-ring (bicyclic) bond motifs is 1. The summed E-state index contributed by atoms with van der Waals surface area (Å²) in [5.74, 6) is -1.78. The van der Waals surface area contributed by atoms with Crippen LogP contribution >= 0.6 is 0 Å². The van der Waals surface area contributed by atoms with E-state index in [4.69, 9.17) is 5.11 Å². The maximum absolute atomic E-state index is 13.5. The number of carboxylic acid groups (broad SMARTS) is 1. The molecule has 104 valence electrons. The predicted octanol–water partition coefficient (Wildman–Crippen LogP) is 3.82. The fraction of sp³-hybridized carbons (Fsp3) is 0. The molecule has 0 aliphatic heterocycles. The van der Waals surface area contributed by atoms with E-state index in [1.165, 1.54) is 12.1 Å². The van der Waals surface area contributed by atoms with Crippen molar-refractivity contribution in [1.29, 1.82) is 0 Å². The molecule has 0 atom stereocenters. The SMILES string of the molecule is O=C(O)c1cc(F)cc(Nc2cccc3cccnc23)c1. The lowest BCUT2D eigenvalue weighted by molar-refractivity contribution is 0.0696. The highest BCUT2D eigenvalue weighted by Crippen LogP contribution is 2.25. The highest BCUT2D eigenvalue weighted by atomic mass is 19.1. The van der Waals surface area contributed by atoms with Gasteiger partial charge in [0.2, 0.25) is 0 Å². The lowest BCUT2D eigenvalue weighted by atomic mass is 10.1. The van der Waals surface area contributed by atoms with Crippen molar-refractivity contribution in [3.05, 3.63) is 66.1 Å². The van der Waals surface area contributed by atoms with Crippen LogP contribution in [0.5, 0.6) is 0 Å². The molecule has 5 heteroatoms. The van der Waals surface area contributed by atoms with Crippen LogP contribution in [0.15, 0.2) is 54.7 Å². The number of pyridine rings is 1. The highest BCUT2D eigenvalue weighted by Gasteiger charge is 2.08. The predicted molar refractivity (Wildman–Crippen MR) is 78.4 cm³/mol. The maximum atomic E-state index is 13.5. The summed E-state index contributed by atoms with van der Waals surface area (Å²) in [4.78, 5) is 15.2. The van der Waals surface area contributed by atoms with Crippen LogP contribution in [-0.2, 0) is 0 Å². The third-order valence-electron chi connectivity index (χ3n) is 3.06. The summed E-state index contributed by atoms with van der Waals surface area (Å²) in [5.41, 5.74) is 1.69. The van der Waals surface area contributed by atoms with Gasteiger partial charge in [0.15, 0.2) is 0 Å². The average Bonchev–Trinajstić information content (AvgIpc) is 2.47. The van der Waals surface area contributed by atoms with Crippen molar-refractivity contribution in [3.8, 4) is 0 Å². The maximum Gasteiger partial charge on any atom is 0.335 e. The molecule has 21 heavy (non-hydrogen) atoms. The van der Waals surface area contributed by atoms with Gasteiger partial charge in [-0.2, -0.15) is 0 Å². The summed E-state index contributed by atoms with van der Waals surface area (Å²) in [6, 6.07) is 12.9. The number of nitrogens with one attached hydrogen (secondary N) is 1. The quantitative estimate of drug-likeness (QED) is 0.766. The van der Waals surface area contributed by atoms with Crippen LogP contribution in [0, 0.1) is 5.82 Å². The number of hydrogen-bond acceptors (Lipinski definition) is 3. The van der Waals surface area contributed by atoms with Crippen LogP contribution in [0.4, 0.5) is 15.8 Å². The number of halogens is 1. The standard InChI is InChI=1S/C16H11FN2O2/c17-12-7-11(16(20)21)8-13(9-12)19-14-5-1-3-10-4-2-6-18-15(10)14/h1-9,19H,(H,20,21). The lowest BCUT2D eigenvalue weighted by Gasteiger charge is -2.10. The summed E-state index contributed by atoms with van der Waals surface area (Å²) in [7, 11) is 0. The number of aromatic nitrogens is 1. The van der Waals surface area contributed by atoms with Gasteiger partial charge in [-0.05, 0) is 30.3 Å². The second kappa shape index (κ2) is 5.20. The van der Waals surface area contributed by atoms with Crippen LogP contribution < -0.4 is 5.32 Å². The number of carbonyl (C=O) groups is 1. The number of rotatable bonds is 3. The molecule has 4 nitrogen and oxygen atoms in total. The zero-order valence-corrected chi connectivity index (χ0v) is 10.9. The fourth-order valence-corrected chi connectivity index (χ4v) is 2.15. The molecule has 1 heterocycles. The van der Waals surface area contributed by atoms with Gasteiger partial charge in [-0.1, -0.05) is 18.2 Å². The number of anilines is 2. The summed E-state index contributed by atoms with van der Waals surface area (Å²) in [5, 5.41) is 12.9. The van der Waals surface area contributed by atoms with Gasteiger partial charge in [0, 0.05) is 17.3 Å². The van der Waals surface area contributed by atoms with Crippen molar-refractivity contribution < 1.29 is 14.3 Å². The molecule has 2 N–H and O–H groups in total. The summed E-state index contributed by atoms with van der Waals surface area (Å²) < 4.78 is 13.5. The zero-order chi connectivity index (χ0) is 14.8. The van der Waals surface area contributed by atoms with Crippen LogP contribution in [0.1, 0.15) is 10.4 Å². The summed E-state index contributed by atoms with van der Waals surface area (Å²) in [6.45, 7) is 0. The van der Waals surface area contributed by atoms with Crippen molar-refractivity contribution in [1.82, 2.24) is 4.98 Å². The summed E-state index contributed by atoms with van der Waals surface area (Å²) >= 11 is 0. The molecular formula is C16H11FN2O2. The Bertz CT molecular complexity index is 828. The second-order valence-electron chi connectivity index (χ2n) is 4.54. The minimum Gasteiger partial charge on any atom is -0.478 e. The second-order valence-corrected chi connectivity index (χ2v) is 4.54. The molecule has 0 unspecified atom stereocenters. The van der Waals surface area contributed by atoms with E-state index >= 15 is 0 Å². The smallest absolute Gasteiger partial charge is 0.335 e. The Morgan fingerprint density at radius 3 is 2.76 bits per heavy atom. The van der Waals surface area contributed by atoms with E-state index in [2.05, 4.69) is 10.3 Å². The van der Waals surface area contributed by atoms with Gasteiger partial charge < -0.3 is 10.4 Å². The van der Waals surface area contributed by atoms with E-state index in [9.17, 15) is 9.18 Å². The van der Waals surface area contributed by atoms with Crippen LogP contribution in [0.3, 0.4) is 0 Å². The topological polar surface area (TPSA) is 62.2 Å². The monoisotopic (exact) mass is 282 g/mol. The Morgan fingerprint density at radius 2 is 1.95 bits per heavy atom. The molecule has 2 aromatic carbocycles. The first-order chi connectivity index (χ1) is 10.1. The Kier molecular flexibility index (Phi) is 3.23. The van der Waals surface area contributed by atoms with E-state index in [-0.39, 0.29) is 5.56 Å². The van der Waals surface area contributed by atoms with Gasteiger partial charge in [-0.15, -0.1) is 0 Å². The Balaban J connectivity index is 2.05. The van der Waals surface area contributed by atoms with Crippen molar-refractivity contribution in [2.75, 3.05) is 5.32 Å². The van der Waals surface area contributed by atoms with Crippen LogP contribution in [0.25, 0.3) is 10.9 Å². The normalized spacial score (nSPS) is 10.5. The first kappa shape index (κ1) is 13.1. The van der Waals surface area contributed by atoms with Crippen LogP contribution in [-0.4, -0.2) is 16.1 Å². The number of carboxylic acids is 1. The van der Waals surface area contributed by atoms with Gasteiger partial charge >= 0.3 is 5.97 Å². The number of nitrogens with zero attached hydrogens (tertiary/aromatic N) is 1. The Morgan fingerprint density at radius 1 is 1.14 bits per heavy atom. The zero-order valence-electron chi connectivity index (χ0n) is 10.9. The first-order valence-electron chi connectivity index (χ1n) is 6.28. The van der Waals surface area contributed by atoms with Crippen LogP contribution in [0.2, 0.25) is 0 Å². The van der Waals surface area contributed by atoms with E-state index in [0.717, 1.165) is 17.0 Å². The molecule has 0 saturated heterocycles. The number of aromatic carboxylic acids is 1. The third-order valence-corrected chi connectivity index (χ3v) is 3.06. The number of para-hydroxylation sites is 1. The Hall–Kier alpha value is -2.95. The molecular weight excluding hydrogens is 271 g/mol. The van der Waals surface area contributed by atoms with Crippen molar-refractivity contribution >= 4 is 28.2 Å². The largest absolute Gasteiger partial charge is 0.478 e. The third kappa shape index (κ3) is 2.67. The molecule has 3 rings (SSSR count). The Labute approximate surface area is 119 Å². The van der Waals surface area contributed by atoms with E-state index in [0.29, 0.717) is 11.4 Å². The van der Waals surface area contributed by atoms with Gasteiger partial charge in [0.25, 0.3) is 0 Å². The average molecular weight is 282 g/mol. The molecule has 0 aliphatic rings. The molecule has 0 aliphatic carbocycles. The minimum absolute atomic E-state index is 0.106. The summed E-state index contributed by atoms with van der Waals surface area (Å²) in [6.07, 6.45) is 1.67. The molecule has 3 aromatic rings. The molecule has 0 spiro atoms. The van der Waals surface area contributed by atoms with Gasteiger partial charge in [0.1, 0.15) is 5.82 Å². The molecule has 0 amide bonds. The molecule has 1 aromatic heterocycles. The van der Waals surface area contributed by atoms with Crippen molar-refractivity contribution in [2.45, 2.75) is 0 Å².